The maximum atomic E-state index is 11.0. The largest absolute Gasteiger partial charge is 0.465 e. The summed E-state index contributed by atoms with van der Waals surface area (Å²) in [4.78, 5) is 24.7. The summed E-state index contributed by atoms with van der Waals surface area (Å²) in [6, 6.07) is 0. The van der Waals surface area contributed by atoms with Gasteiger partial charge in [0.25, 0.3) is 0 Å². The van der Waals surface area contributed by atoms with Crippen molar-refractivity contribution in [2.75, 3.05) is 19.6 Å². The van der Waals surface area contributed by atoms with E-state index >= 15 is 0 Å². The number of amides is 2. The van der Waals surface area contributed by atoms with Crippen LogP contribution in [0.3, 0.4) is 0 Å². The van der Waals surface area contributed by atoms with Gasteiger partial charge in [-0.05, 0) is 18.8 Å². The van der Waals surface area contributed by atoms with Crippen molar-refractivity contribution in [2.24, 2.45) is 5.92 Å². The molecule has 2 fully saturated rings. The van der Waals surface area contributed by atoms with Crippen LogP contribution in [0.2, 0.25) is 0 Å². The molecule has 1 spiro atoms. The van der Waals surface area contributed by atoms with Crippen molar-refractivity contribution in [3.63, 3.8) is 0 Å². The molecule has 0 bridgehead atoms. The van der Waals surface area contributed by atoms with E-state index in [-0.39, 0.29) is 5.92 Å². The maximum Gasteiger partial charge on any atom is 0.407 e. The first-order valence-electron chi connectivity index (χ1n) is 5.46. The van der Waals surface area contributed by atoms with Gasteiger partial charge in [-0.1, -0.05) is 6.92 Å². The van der Waals surface area contributed by atoms with Crippen LogP contribution in [0.5, 0.6) is 0 Å². The summed E-state index contributed by atoms with van der Waals surface area (Å²) < 4.78 is 0. The Labute approximate surface area is 93.4 Å². The van der Waals surface area contributed by atoms with Crippen molar-refractivity contribution >= 4 is 12.2 Å². The van der Waals surface area contributed by atoms with E-state index in [2.05, 4.69) is 0 Å². The Morgan fingerprint density at radius 3 is 2.50 bits per heavy atom. The first kappa shape index (κ1) is 11.0. The van der Waals surface area contributed by atoms with Crippen LogP contribution in [0.1, 0.15) is 19.8 Å². The summed E-state index contributed by atoms with van der Waals surface area (Å²) >= 11 is 0. The number of hydrogen-bond acceptors (Lipinski definition) is 2. The SMILES string of the molecule is CC1CN(C(=O)O)C12CCCN(C(=O)O)C2. The number of carbonyl (C=O) groups is 2. The Hall–Kier alpha value is -1.46. The van der Waals surface area contributed by atoms with E-state index in [9.17, 15) is 9.59 Å². The first-order chi connectivity index (χ1) is 7.47. The number of hydrogen-bond donors (Lipinski definition) is 2. The molecule has 0 aromatic carbocycles. The molecular formula is C10H16N2O4. The number of carboxylic acid groups (broad SMARTS) is 2. The van der Waals surface area contributed by atoms with E-state index in [0.717, 1.165) is 12.8 Å². The second kappa shape index (κ2) is 3.54. The van der Waals surface area contributed by atoms with E-state index < -0.39 is 17.7 Å². The van der Waals surface area contributed by atoms with Gasteiger partial charge in [-0.15, -0.1) is 0 Å². The lowest BCUT2D eigenvalue weighted by Crippen LogP contribution is -2.73. The summed E-state index contributed by atoms with van der Waals surface area (Å²) in [6.45, 7) is 3.33. The van der Waals surface area contributed by atoms with Crippen LogP contribution in [0, 0.1) is 5.92 Å². The summed E-state index contributed by atoms with van der Waals surface area (Å²) in [5.74, 6) is 0.241. The first-order valence-corrected chi connectivity index (χ1v) is 5.46. The average Bonchev–Trinajstić information content (AvgIpc) is 2.25. The molecule has 90 valence electrons. The second-order valence-electron chi connectivity index (χ2n) is 4.71. The van der Waals surface area contributed by atoms with Gasteiger partial charge in [0.2, 0.25) is 0 Å². The van der Waals surface area contributed by atoms with E-state index in [0.29, 0.717) is 19.6 Å². The zero-order chi connectivity index (χ0) is 11.9. The molecule has 2 saturated heterocycles. The standard InChI is InChI=1S/C10H16N2O4/c1-7-5-12(9(15)16)10(7)3-2-4-11(6-10)8(13)14/h7H,2-6H2,1H3,(H,13,14)(H,15,16). The predicted molar refractivity (Wildman–Crippen MR) is 55.5 cm³/mol. The van der Waals surface area contributed by atoms with Crippen LogP contribution in [-0.2, 0) is 0 Å². The highest BCUT2D eigenvalue weighted by molar-refractivity contribution is 5.69. The Morgan fingerprint density at radius 1 is 1.31 bits per heavy atom. The quantitative estimate of drug-likeness (QED) is 0.651. The van der Waals surface area contributed by atoms with E-state index in [4.69, 9.17) is 10.2 Å². The normalized spacial score (nSPS) is 33.7. The van der Waals surface area contributed by atoms with Crippen LogP contribution in [-0.4, -0.2) is 57.4 Å². The van der Waals surface area contributed by atoms with Crippen LogP contribution in [0.15, 0.2) is 0 Å². The van der Waals surface area contributed by atoms with Gasteiger partial charge in [0, 0.05) is 19.6 Å². The molecular weight excluding hydrogens is 212 g/mol. The third-order valence-electron chi connectivity index (χ3n) is 3.92. The number of piperidine rings is 1. The molecule has 0 aromatic heterocycles. The zero-order valence-electron chi connectivity index (χ0n) is 9.22. The molecule has 0 saturated carbocycles. The zero-order valence-corrected chi connectivity index (χ0v) is 9.22. The third-order valence-corrected chi connectivity index (χ3v) is 3.92. The Bertz CT molecular complexity index is 333. The molecule has 2 amide bonds. The van der Waals surface area contributed by atoms with Crippen molar-refractivity contribution in [3.05, 3.63) is 0 Å². The van der Waals surface area contributed by atoms with Gasteiger partial charge < -0.3 is 20.0 Å². The summed E-state index contributed by atoms with van der Waals surface area (Å²) in [7, 11) is 0. The Kier molecular flexibility index (Phi) is 2.44. The Balaban J connectivity index is 2.17. The van der Waals surface area contributed by atoms with Gasteiger partial charge >= 0.3 is 12.2 Å². The van der Waals surface area contributed by atoms with Crippen LogP contribution >= 0.6 is 0 Å². The highest BCUT2D eigenvalue weighted by Gasteiger charge is 2.55. The summed E-state index contributed by atoms with van der Waals surface area (Å²) in [5, 5.41) is 18.0. The van der Waals surface area contributed by atoms with Crippen molar-refractivity contribution in [1.29, 1.82) is 0 Å². The molecule has 6 nitrogen and oxygen atoms in total. The van der Waals surface area contributed by atoms with Gasteiger partial charge in [-0.25, -0.2) is 9.59 Å². The fourth-order valence-corrected chi connectivity index (χ4v) is 2.90. The minimum absolute atomic E-state index is 0.241. The van der Waals surface area contributed by atoms with Crippen molar-refractivity contribution < 1.29 is 19.8 Å². The maximum absolute atomic E-state index is 11.0. The monoisotopic (exact) mass is 228 g/mol. The number of nitrogens with zero attached hydrogens (tertiary/aromatic N) is 2. The molecule has 2 aliphatic heterocycles. The fraction of sp³-hybridized carbons (Fsp3) is 0.800. The number of rotatable bonds is 0. The van der Waals surface area contributed by atoms with Gasteiger partial charge in [-0.3, -0.25) is 0 Å². The molecule has 0 radical (unpaired) electrons. The van der Waals surface area contributed by atoms with E-state index in [1.807, 2.05) is 6.92 Å². The Morgan fingerprint density at radius 2 is 2.00 bits per heavy atom. The molecule has 2 unspecified atom stereocenters. The lowest BCUT2D eigenvalue weighted by Gasteiger charge is -2.59. The van der Waals surface area contributed by atoms with Crippen molar-refractivity contribution in [3.8, 4) is 0 Å². The molecule has 0 aliphatic carbocycles. The van der Waals surface area contributed by atoms with E-state index in [1.54, 1.807) is 0 Å². The third kappa shape index (κ3) is 1.40. The van der Waals surface area contributed by atoms with Crippen molar-refractivity contribution in [2.45, 2.75) is 25.3 Å². The molecule has 2 rings (SSSR count). The average molecular weight is 228 g/mol. The molecule has 0 aromatic rings. The highest BCUT2D eigenvalue weighted by Crippen LogP contribution is 2.42. The smallest absolute Gasteiger partial charge is 0.407 e. The molecule has 2 atom stereocenters. The van der Waals surface area contributed by atoms with Crippen LogP contribution in [0.25, 0.3) is 0 Å². The van der Waals surface area contributed by atoms with Crippen LogP contribution in [0.4, 0.5) is 9.59 Å². The lowest BCUT2D eigenvalue weighted by atomic mass is 9.70. The molecule has 2 N–H and O–H groups in total. The fourth-order valence-electron chi connectivity index (χ4n) is 2.90. The summed E-state index contributed by atoms with van der Waals surface area (Å²) in [5.41, 5.74) is -0.470. The van der Waals surface area contributed by atoms with Crippen LogP contribution < -0.4 is 0 Å². The lowest BCUT2D eigenvalue weighted by molar-refractivity contribution is -0.0888. The molecule has 6 heteroatoms. The predicted octanol–water partition coefficient (Wildman–Crippen LogP) is 1.13. The van der Waals surface area contributed by atoms with E-state index in [1.165, 1.54) is 9.80 Å². The minimum Gasteiger partial charge on any atom is -0.465 e. The van der Waals surface area contributed by atoms with Gasteiger partial charge in [0.05, 0.1) is 5.54 Å². The van der Waals surface area contributed by atoms with Gasteiger partial charge in [0.1, 0.15) is 0 Å². The van der Waals surface area contributed by atoms with Crippen molar-refractivity contribution in [1.82, 2.24) is 9.80 Å². The highest BCUT2D eigenvalue weighted by atomic mass is 16.4. The molecule has 2 aliphatic rings. The topological polar surface area (TPSA) is 81.1 Å². The minimum atomic E-state index is -0.955. The number of likely N-dealkylation sites (tertiary alicyclic amines) is 2. The molecule has 16 heavy (non-hydrogen) atoms. The molecule has 2 heterocycles. The second-order valence-corrected chi connectivity index (χ2v) is 4.71. The van der Waals surface area contributed by atoms with Gasteiger partial charge in [-0.2, -0.15) is 0 Å². The summed E-state index contributed by atoms with van der Waals surface area (Å²) in [6.07, 6.45) is -0.390. The van der Waals surface area contributed by atoms with Gasteiger partial charge in [0.15, 0.2) is 0 Å².